The predicted molar refractivity (Wildman–Crippen MR) is 73.5 cm³/mol. The van der Waals surface area contributed by atoms with E-state index in [0.29, 0.717) is 0 Å². The van der Waals surface area contributed by atoms with Gasteiger partial charge in [0.2, 0.25) is 5.95 Å². The second-order valence-corrected chi connectivity index (χ2v) is 4.35. The molecular weight excluding hydrogens is 212 g/mol. The summed E-state index contributed by atoms with van der Waals surface area (Å²) in [4.78, 5) is 6.92. The van der Waals surface area contributed by atoms with Gasteiger partial charge in [-0.05, 0) is 26.4 Å². The maximum Gasteiger partial charge on any atom is 0.203 e. The first-order chi connectivity index (χ1) is 8.21. The van der Waals surface area contributed by atoms with Crippen LogP contribution in [-0.2, 0) is 6.54 Å². The van der Waals surface area contributed by atoms with Gasteiger partial charge >= 0.3 is 0 Å². The zero-order valence-corrected chi connectivity index (χ0v) is 11.7. The Morgan fingerprint density at radius 1 is 1.29 bits per heavy atom. The van der Waals surface area contributed by atoms with Gasteiger partial charge in [-0.15, -0.1) is 0 Å². The van der Waals surface area contributed by atoms with E-state index in [1.165, 1.54) is 0 Å². The number of aryl methyl sites for hydroxylation is 2. The van der Waals surface area contributed by atoms with E-state index in [1.807, 2.05) is 6.92 Å². The van der Waals surface area contributed by atoms with Gasteiger partial charge in [-0.1, -0.05) is 20.8 Å². The molecular formula is C13H26N4. The maximum absolute atomic E-state index is 4.51. The van der Waals surface area contributed by atoms with Crippen LogP contribution in [0.5, 0.6) is 0 Å². The van der Waals surface area contributed by atoms with Crippen LogP contribution in [0, 0.1) is 6.92 Å². The minimum Gasteiger partial charge on any atom is -0.354 e. The molecule has 0 fully saturated rings. The first-order valence-electron chi connectivity index (χ1n) is 6.71. The van der Waals surface area contributed by atoms with E-state index in [0.717, 1.165) is 50.8 Å². The predicted octanol–water partition coefficient (Wildman–Crippen LogP) is 2.36. The van der Waals surface area contributed by atoms with Gasteiger partial charge in [-0.3, -0.25) is 0 Å². The molecule has 0 aromatic carbocycles. The van der Waals surface area contributed by atoms with Crippen LogP contribution in [0.3, 0.4) is 0 Å². The fraction of sp³-hybridized carbons (Fsp3) is 0.769. The lowest BCUT2D eigenvalue weighted by Crippen LogP contribution is -2.29. The molecule has 0 radical (unpaired) electrons. The summed E-state index contributed by atoms with van der Waals surface area (Å²) in [5.74, 6) is 1.01. The molecule has 0 saturated heterocycles. The van der Waals surface area contributed by atoms with Crippen LogP contribution in [0.2, 0.25) is 0 Å². The van der Waals surface area contributed by atoms with E-state index in [-0.39, 0.29) is 0 Å². The van der Waals surface area contributed by atoms with Crippen molar-refractivity contribution in [2.45, 2.75) is 40.7 Å². The minimum atomic E-state index is 0.960. The molecule has 98 valence electrons. The second-order valence-electron chi connectivity index (χ2n) is 4.35. The second kappa shape index (κ2) is 7.33. The third-order valence-electron chi connectivity index (χ3n) is 2.97. The number of aromatic nitrogens is 2. The number of imidazole rings is 1. The van der Waals surface area contributed by atoms with E-state index < -0.39 is 0 Å². The fourth-order valence-electron chi connectivity index (χ4n) is 1.96. The number of hydrogen-bond acceptors (Lipinski definition) is 3. The van der Waals surface area contributed by atoms with Crippen LogP contribution in [0.4, 0.5) is 5.95 Å². The summed E-state index contributed by atoms with van der Waals surface area (Å²) < 4.78 is 2.21. The van der Waals surface area contributed by atoms with E-state index in [2.05, 4.69) is 46.7 Å². The van der Waals surface area contributed by atoms with Crippen molar-refractivity contribution in [2.24, 2.45) is 0 Å². The third-order valence-corrected chi connectivity index (χ3v) is 2.97. The van der Waals surface area contributed by atoms with E-state index in [1.54, 1.807) is 0 Å². The van der Waals surface area contributed by atoms with Gasteiger partial charge < -0.3 is 14.8 Å². The fourth-order valence-corrected chi connectivity index (χ4v) is 1.96. The van der Waals surface area contributed by atoms with Crippen LogP contribution in [-0.4, -0.2) is 40.6 Å². The zero-order chi connectivity index (χ0) is 12.7. The molecule has 1 rings (SSSR count). The van der Waals surface area contributed by atoms with Crippen molar-refractivity contribution < 1.29 is 0 Å². The van der Waals surface area contributed by atoms with Crippen molar-refractivity contribution in [3.63, 3.8) is 0 Å². The van der Waals surface area contributed by atoms with Gasteiger partial charge in [0.25, 0.3) is 0 Å². The molecule has 0 aliphatic heterocycles. The van der Waals surface area contributed by atoms with Gasteiger partial charge in [0.15, 0.2) is 0 Å². The standard InChI is InChI=1S/C13H26N4/c1-5-9-17-11-12(4)15-13(17)14-8-10-16(6-2)7-3/h11H,5-10H2,1-4H3,(H,14,15). The Balaban J connectivity index is 2.45. The molecule has 0 aliphatic rings. The molecule has 1 N–H and O–H groups in total. The van der Waals surface area contributed by atoms with Crippen LogP contribution < -0.4 is 5.32 Å². The van der Waals surface area contributed by atoms with Crippen LogP contribution in [0.25, 0.3) is 0 Å². The Labute approximate surface area is 105 Å². The Morgan fingerprint density at radius 3 is 2.59 bits per heavy atom. The highest BCUT2D eigenvalue weighted by atomic mass is 15.2. The first kappa shape index (κ1) is 14.0. The molecule has 0 spiro atoms. The molecule has 0 unspecified atom stereocenters. The van der Waals surface area contributed by atoms with Crippen molar-refractivity contribution in [3.05, 3.63) is 11.9 Å². The lowest BCUT2D eigenvalue weighted by Gasteiger charge is -2.18. The summed E-state index contributed by atoms with van der Waals surface area (Å²) in [5.41, 5.74) is 1.09. The molecule has 0 atom stereocenters. The van der Waals surface area contributed by atoms with Gasteiger partial charge in [0.05, 0.1) is 5.69 Å². The largest absolute Gasteiger partial charge is 0.354 e. The highest BCUT2D eigenvalue weighted by molar-refractivity contribution is 5.28. The number of nitrogens with zero attached hydrogens (tertiary/aromatic N) is 3. The molecule has 1 aromatic rings. The summed E-state index contributed by atoms with van der Waals surface area (Å²) in [6.45, 7) is 13.9. The smallest absolute Gasteiger partial charge is 0.203 e. The Morgan fingerprint density at radius 2 is 2.00 bits per heavy atom. The lowest BCUT2D eigenvalue weighted by molar-refractivity contribution is 0.315. The summed E-state index contributed by atoms with van der Waals surface area (Å²) in [5, 5.41) is 3.43. The number of anilines is 1. The highest BCUT2D eigenvalue weighted by Gasteiger charge is 2.04. The number of hydrogen-bond donors (Lipinski definition) is 1. The van der Waals surface area contributed by atoms with Gasteiger partial charge in [-0.2, -0.15) is 0 Å². The summed E-state index contributed by atoms with van der Waals surface area (Å²) >= 11 is 0. The monoisotopic (exact) mass is 238 g/mol. The zero-order valence-electron chi connectivity index (χ0n) is 11.7. The molecule has 4 nitrogen and oxygen atoms in total. The summed E-state index contributed by atoms with van der Waals surface area (Å²) in [6, 6.07) is 0. The van der Waals surface area contributed by atoms with E-state index >= 15 is 0 Å². The Bertz CT molecular complexity index is 315. The van der Waals surface area contributed by atoms with E-state index in [4.69, 9.17) is 0 Å². The summed E-state index contributed by atoms with van der Waals surface area (Å²) in [6.07, 6.45) is 3.25. The van der Waals surface area contributed by atoms with Gasteiger partial charge in [0, 0.05) is 25.8 Å². The van der Waals surface area contributed by atoms with Crippen molar-refractivity contribution in [1.29, 1.82) is 0 Å². The maximum atomic E-state index is 4.51. The van der Waals surface area contributed by atoms with Crippen LogP contribution >= 0.6 is 0 Å². The SMILES string of the molecule is CCCn1cc(C)nc1NCCN(CC)CC. The average Bonchev–Trinajstić information content (AvgIpc) is 2.66. The summed E-state index contributed by atoms with van der Waals surface area (Å²) in [7, 11) is 0. The van der Waals surface area contributed by atoms with Crippen LogP contribution in [0.1, 0.15) is 32.9 Å². The highest BCUT2D eigenvalue weighted by Crippen LogP contribution is 2.08. The van der Waals surface area contributed by atoms with E-state index in [9.17, 15) is 0 Å². The number of likely N-dealkylation sites (N-methyl/N-ethyl adjacent to an activating group) is 1. The molecule has 1 aromatic heterocycles. The third kappa shape index (κ3) is 4.38. The Hall–Kier alpha value is -1.03. The Kier molecular flexibility index (Phi) is 6.05. The molecule has 0 bridgehead atoms. The molecule has 0 aliphatic carbocycles. The van der Waals surface area contributed by atoms with Crippen molar-refractivity contribution in [3.8, 4) is 0 Å². The van der Waals surface area contributed by atoms with Gasteiger partial charge in [-0.25, -0.2) is 4.98 Å². The van der Waals surface area contributed by atoms with Crippen molar-refractivity contribution in [2.75, 3.05) is 31.5 Å². The molecule has 0 saturated carbocycles. The molecule has 4 heteroatoms. The van der Waals surface area contributed by atoms with Crippen molar-refractivity contribution in [1.82, 2.24) is 14.5 Å². The van der Waals surface area contributed by atoms with Gasteiger partial charge in [0.1, 0.15) is 0 Å². The quantitative estimate of drug-likeness (QED) is 0.754. The minimum absolute atomic E-state index is 0.960. The van der Waals surface area contributed by atoms with Crippen LogP contribution in [0.15, 0.2) is 6.20 Å². The lowest BCUT2D eigenvalue weighted by atomic mass is 10.4. The topological polar surface area (TPSA) is 33.1 Å². The average molecular weight is 238 g/mol. The first-order valence-corrected chi connectivity index (χ1v) is 6.71. The van der Waals surface area contributed by atoms with Crippen molar-refractivity contribution >= 4 is 5.95 Å². The molecule has 0 amide bonds. The number of nitrogens with one attached hydrogen (secondary N) is 1. The number of rotatable bonds is 8. The normalized spacial score (nSPS) is 11.1. The molecule has 1 heterocycles. The molecule has 17 heavy (non-hydrogen) atoms.